The molecule has 144 valence electrons. The number of nitrogens with one attached hydrogen (secondary N) is 1. The van der Waals surface area contributed by atoms with Crippen LogP contribution in [0.5, 0.6) is 0 Å². The zero-order chi connectivity index (χ0) is 19.0. The van der Waals surface area contributed by atoms with Gasteiger partial charge in [-0.05, 0) is 58.7 Å². The summed E-state index contributed by atoms with van der Waals surface area (Å²) in [7, 11) is 0. The van der Waals surface area contributed by atoms with Crippen molar-refractivity contribution in [3.8, 4) is 0 Å². The van der Waals surface area contributed by atoms with Crippen LogP contribution in [0.1, 0.15) is 67.0 Å². The maximum atomic E-state index is 3.48. The summed E-state index contributed by atoms with van der Waals surface area (Å²) in [6, 6.07) is 14.3. The van der Waals surface area contributed by atoms with Crippen LogP contribution in [0, 0.1) is 0 Å². The van der Waals surface area contributed by atoms with Gasteiger partial charge in [0.2, 0.25) is 0 Å². The van der Waals surface area contributed by atoms with Crippen LogP contribution in [-0.2, 0) is 31.3 Å². The molecule has 2 aliphatic rings. The van der Waals surface area contributed by atoms with Crippen molar-refractivity contribution < 1.29 is 0 Å². The second kappa shape index (κ2) is 7.41. The van der Waals surface area contributed by atoms with Crippen LogP contribution in [0.2, 0.25) is 0 Å². The fraction of sp³-hybridized carbons (Fsp3) is 0.520. The van der Waals surface area contributed by atoms with Gasteiger partial charge in [-0.3, -0.25) is 4.90 Å². The van der Waals surface area contributed by atoms with Crippen molar-refractivity contribution in [3.63, 3.8) is 0 Å². The largest absolute Gasteiger partial charge is 0.312 e. The Morgan fingerprint density at radius 1 is 0.963 bits per heavy atom. The van der Waals surface area contributed by atoms with Crippen molar-refractivity contribution in [2.75, 3.05) is 19.6 Å². The molecule has 0 atom stereocenters. The molecule has 0 saturated carbocycles. The average molecular weight is 363 g/mol. The molecule has 0 spiro atoms. The number of hydrogen-bond donors (Lipinski definition) is 1. The topological polar surface area (TPSA) is 15.3 Å². The monoisotopic (exact) mass is 362 g/mol. The number of hydrogen-bond acceptors (Lipinski definition) is 2. The van der Waals surface area contributed by atoms with Crippen LogP contribution in [0.25, 0.3) is 0 Å². The van der Waals surface area contributed by atoms with Gasteiger partial charge in [0.15, 0.2) is 0 Å². The first-order chi connectivity index (χ1) is 12.9. The minimum absolute atomic E-state index is 0.174. The van der Waals surface area contributed by atoms with Crippen molar-refractivity contribution in [2.45, 2.75) is 65.0 Å². The smallest absolute Gasteiger partial charge is 0.0237 e. The lowest BCUT2D eigenvalue weighted by atomic mass is 9.81. The van der Waals surface area contributed by atoms with E-state index in [0.29, 0.717) is 5.92 Å². The molecule has 1 N–H and O–H groups in total. The molecule has 0 fully saturated rings. The molecule has 2 aromatic rings. The van der Waals surface area contributed by atoms with E-state index in [0.717, 1.165) is 32.6 Å². The Bertz CT molecular complexity index is 819. The van der Waals surface area contributed by atoms with E-state index in [-0.39, 0.29) is 5.41 Å². The summed E-state index contributed by atoms with van der Waals surface area (Å²) in [5.74, 6) is 0.604. The maximum Gasteiger partial charge on any atom is 0.0237 e. The molecule has 2 aromatic carbocycles. The molecule has 0 aromatic heterocycles. The van der Waals surface area contributed by atoms with E-state index >= 15 is 0 Å². The lowest BCUT2D eigenvalue weighted by Crippen LogP contribution is -2.40. The Balaban J connectivity index is 1.51. The van der Waals surface area contributed by atoms with Gasteiger partial charge in [-0.25, -0.2) is 0 Å². The highest BCUT2D eigenvalue weighted by Gasteiger charge is 2.27. The second-order valence-corrected chi connectivity index (χ2v) is 9.44. The third kappa shape index (κ3) is 3.97. The minimum Gasteiger partial charge on any atom is -0.312 e. The molecule has 4 rings (SSSR count). The Morgan fingerprint density at radius 3 is 2.59 bits per heavy atom. The van der Waals surface area contributed by atoms with E-state index in [1.165, 1.54) is 29.7 Å². The summed E-state index contributed by atoms with van der Waals surface area (Å²) in [5.41, 5.74) is 9.25. The van der Waals surface area contributed by atoms with Gasteiger partial charge in [-0.15, -0.1) is 0 Å². The minimum atomic E-state index is 0.174. The van der Waals surface area contributed by atoms with Gasteiger partial charge in [0.1, 0.15) is 0 Å². The SMILES string of the molecule is CC(C)c1ccc2c(c1)CN(CC(C)(C)c1ccc3c(c1)CCNC3)CC2. The van der Waals surface area contributed by atoms with Crippen molar-refractivity contribution in [1.29, 1.82) is 0 Å². The van der Waals surface area contributed by atoms with E-state index in [9.17, 15) is 0 Å². The highest BCUT2D eigenvalue weighted by Crippen LogP contribution is 2.30. The fourth-order valence-corrected chi connectivity index (χ4v) is 4.68. The standard InChI is InChI=1S/C25H34N2/c1-18(2)20-6-5-19-10-12-27(16-23(19)13-20)17-25(3,4)24-8-7-22-15-26-11-9-21(22)14-24/h5-8,13-14,18,26H,9-12,15-17H2,1-4H3. The van der Waals surface area contributed by atoms with E-state index < -0.39 is 0 Å². The zero-order valence-corrected chi connectivity index (χ0v) is 17.4. The van der Waals surface area contributed by atoms with Crippen LogP contribution < -0.4 is 5.32 Å². The van der Waals surface area contributed by atoms with Crippen LogP contribution in [0.15, 0.2) is 36.4 Å². The molecule has 0 radical (unpaired) electrons. The van der Waals surface area contributed by atoms with Crippen LogP contribution in [0.3, 0.4) is 0 Å². The summed E-state index contributed by atoms with van der Waals surface area (Å²) < 4.78 is 0. The lowest BCUT2D eigenvalue weighted by molar-refractivity contribution is 0.207. The van der Waals surface area contributed by atoms with Gasteiger partial charge < -0.3 is 5.32 Å². The quantitative estimate of drug-likeness (QED) is 0.841. The normalized spacial score (nSPS) is 17.7. The van der Waals surface area contributed by atoms with Gasteiger partial charge in [-0.2, -0.15) is 0 Å². The predicted molar refractivity (Wildman–Crippen MR) is 114 cm³/mol. The Morgan fingerprint density at radius 2 is 1.78 bits per heavy atom. The van der Waals surface area contributed by atoms with Gasteiger partial charge in [-0.1, -0.05) is 64.1 Å². The van der Waals surface area contributed by atoms with E-state index in [4.69, 9.17) is 0 Å². The van der Waals surface area contributed by atoms with E-state index in [2.05, 4.69) is 74.3 Å². The molecule has 0 amide bonds. The Kier molecular flexibility index (Phi) is 5.13. The highest BCUT2D eigenvalue weighted by atomic mass is 15.1. The van der Waals surface area contributed by atoms with Gasteiger partial charge in [0, 0.05) is 31.6 Å². The fourth-order valence-electron chi connectivity index (χ4n) is 4.68. The number of rotatable bonds is 4. The summed E-state index contributed by atoms with van der Waals surface area (Å²) in [6.07, 6.45) is 2.34. The summed E-state index contributed by atoms with van der Waals surface area (Å²) in [6.45, 7) is 14.9. The van der Waals surface area contributed by atoms with Crippen molar-refractivity contribution in [2.24, 2.45) is 0 Å². The van der Waals surface area contributed by atoms with Gasteiger partial charge >= 0.3 is 0 Å². The van der Waals surface area contributed by atoms with Crippen molar-refractivity contribution >= 4 is 0 Å². The number of nitrogens with zero attached hydrogens (tertiary/aromatic N) is 1. The van der Waals surface area contributed by atoms with Gasteiger partial charge in [0.25, 0.3) is 0 Å². The van der Waals surface area contributed by atoms with Crippen LogP contribution >= 0.6 is 0 Å². The van der Waals surface area contributed by atoms with E-state index in [1.54, 1.807) is 16.7 Å². The highest BCUT2D eigenvalue weighted by molar-refractivity contribution is 5.38. The zero-order valence-electron chi connectivity index (χ0n) is 17.4. The third-order valence-electron chi connectivity index (χ3n) is 6.48. The molecule has 0 unspecified atom stereocenters. The van der Waals surface area contributed by atoms with Crippen molar-refractivity contribution in [1.82, 2.24) is 10.2 Å². The van der Waals surface area contributed by atoms with E-state index in [1.807, 2.05) is 0 Å². The Labute approximate surface area is 165 Å². The van der Waals surface area contributed by atoms with Gasteiger partial charge in [0.05, 0.1) is 0 Å². The number of fused-ring (bicyclic) bond motifs is 2. The second-order valence-electron chi connectivity index (χ2n) is 9.44. The third-order valence-corrected chi connectivity index (χ3v) is 6.48. The Hall–Kier alpha value is -1.64. The molecular weight excluding hydrogens is 328 g/mol. The summed E-state index contributed by atoms with van der Waals surface area (Å²) >= 11 is 0. The van der Waals surface area contributed by atoms with Crippen LogP contribution in [-0.4, -0.2) is 24.5 Å². The molecule has 2 nitrogen and oxygen atoms in total. The molecule has 0 aliphatic carbocycles. The summed E-state index contributed by atoms with van der Waals surface area (Å²) in [4.78, 5) is 2.66. The predicted octanol–water partition coefficient (Wildman–Crippen LogP) is 4.79. The first-order valence-corrected chi connectivity index (χ1v) is 10.6. The van der Waals surface area contributed by atoms with Crippen molar-refractivity contribution in [3.05, 3.63) is 69.8 Å². The molecule has 2 aliphatic heterocycles. The first kappa shape index (κ1) is 18.7. The molecule has 2 heterocycles. The lowest BCUT2D eigenvalue weighted by Gasteiger charge is -2.37. The molecule has 0 saturated heterocycles. The first-order valence-electron chi connectivity index (χ1n) is 10.6. The molecule has 0 bridgehead atoms. The van der Waals surface area contributed by atoms with Crippen LogP contribution in [0.4, 0.5) is 0 Å². The molecule has 27 heavy (non-hydrogen) atoms. The summed E-state index contributed by atoms with van der Waals surface area (Å²) in [5, 5.41) is 3.48. The number of benzene rings is 2. The maximum absolute atomic E-state index is 3.48. The molecular formula is C25H34N2. The molecule has 2 heteroatoms. The average Bonchev–Trinajstić information content (AvgIpc) is 2.66.